The fraction of sp³-hybridized carbons (Fsp3) is 0.900. The monoisotopic (exact) mass is 201 g/mol. The number of carbonyl (C=O) groups is 1. The Balaban J connectivity index is 2.10. The van der Waals surface area contributed by atoms with Crippen LogP contribution >= 0.6 is 11.8 Å². The van der Waals surface area contributed by atoms with Gasteiger partial charge in [-0.1, -0.05) is 13.8 Å². The number of hydrogen-bond donors (Lipinski definition) is 1. The molecular weight excluding hydrogens is 182 g/mol. The van der Waals surface area contributed by atoms with Gasteiger partial charge >= 0.3 is 0 Å². The van der Waals surface area contributed by atoms with Gasteiger partial charge in [0, 0.05) is 6.54 Å². The molecule has 1 heterocycles. The van der Waals surface area contributed by atoms with Crippen LogP contribution in [-0.4, -0.2) is 23.5 Å². The average molecular weight is 201 g/mol. The van der Waals surface area contributed by atoms with Crippen molar-refractivity contribution >= 4 is 17.7 Å². The van der Waals surface area contributed by atoms with E-state index in [0.29, 0.717) is 5.92 Å². The van der Waals surface area contributed by atoms with Crippen molar-refractivity contribution in [1.29, 1.82) is 0 Å². The highest BCUT2D eigenvalue weighted by Crippen LogP contribution is 2.25. The predicted molar refractivity (Wildman–Crippen MR) is 57.9 cm³/mol. The van der Waals surface area contributed by atoms with E-state index < -0.39 is 0 Å². The molecule has 1 atom stereocenters. The van der Waals surface area contributed by atoms with Crippen LogP contribution in [0.2, 0.25) is 0 Å². The molecular formula is C10H19NOS. The lowest BCUT2D eigenvalue weighted by Crippen LogP contribution is -2.32. The Labute approximate surface area is 84.9 Å². The van der Waals surface area contributed by atoms with E-state index in [4.69, 9.17) is 0 Å². The molecule has 2 nitrogen and oxygen atoms in total. The molecule has 0 saturated carbocycles. The van der Waals surface area contributed by atoms with E-state index in [1.807, 2.05) is 0 Å². The first-order valence-electron chi connectivity index (χ1n) is 5.09. The Bertz CT molecular complexity index is 164. The Morgan fingerprint density at radius 2 is 2.38 bits per heavy atom. The van der Waals surface area contributed by atoms with Crippen LogP contribution in [0.4, 0.5) is 0 Å². The molecule has 0 radical (unpaired) electrons. The van der Waals surface area contributed by atoms with E-state index in [-0.39, 0.29) is 11.2 Å². The van der Waals surface area contributed by atoms with Gasteiger partial charge in [0.05, 0.1) is 5.25 Å². The van der Waals surface area contributed by atoms with Crippen LogP contribution in [0.5, 0.6) is 0 Å². The fourth-order valence-electron chi connectivity index (χ4n) is 1.38. The van der Waals surface area contributed by atoms with Crippen molar-refractivity contribution in [1.82, 2.24) is 5.32 Å². The Morgan fingerprint density at radius 1 is 1.62 bits per heavy atom. The molecule has 0 aromatic carbocycles. The molecule has 1 rings (SSSR count). The van der Waals surface area contributed by atoms with Crippen molar-refractivity contribution in [2.75, 3.05) is 12.3 Å². The van der Waals surface area contributed by atoms with Crippen LogP contribution in [0.25, 0.3) is 0 Å². The highest BCUT2D eigenvalue weighted by Gasteiger charge is 2.22. The van der Waals surface area contributed by atoms with Gasteiger partial charge in [-0.05, 0) is 30.9 Å². The van der Waals surface area contributed by atoms with Gasteiger partial charge < -0.3 is 5.32 Å². The smallest absolute Gasteiger partial charge is 0.233 e. The SMILES string of the molecule is CC(C)CCNC(=O)C1CCCS1. The summed E-state index contributed by atoms with van der Waals surface area (Å²) < 4.78 is 0. The van der Waals surface area contributed by atoms with Crippen LogP contribution < -0.4 is 5.32 Å². The minimum Gasteiger partial charge on any atom is -0.355 e. The maximum Gasteiger partial charge on any atom is 0.233 e. The lowest BCUT2D eigenvalue weighted by Gasteiger charge is -2.10. The van der Waals surface area contributed by atoms with Crippen LogP contribution in [0.1, 0.15) is 33.1 Å². The lowest BCUT2D eigenvalue weighted by molar-refractivity contribution is -0.120. The zero-order valence-corrected chi connectivity index (χ0v) is 9.32. The van der Waals surface area contributed by atoms with E-state index in [1.165, 1.54) is 6.42 Å². The molecule has 0 aromatic rings. The molecule has 13 heavy (non-hydrogen) atoms. The van der Waals surface area contributed by atoms with Crippen LogP contribution in [0.3, 0.4) is 0 Å². The van der Waals surface area contributed by atoms with Gasteiger partial charge in [-0.25, -0.2) is 0 Å². The summed E-state index contributed by atoms with van der Waals surface area (Å²) in [6.45, 7) is 5.19. The molecule has 1 aliphatic rings. The number of thioether (sulfide) groups is 1. The first-order valence-corrected chi connectivity index (χ1v) is 6.14. The minimum absolute atomic E-state index is 0.243. The largest absolute Gasteiger partial charge is 0.355 e. The average Bonchev–Trinajstić information content (AvgIpc) is 2.55. The third-order valence-electron chi connectivity index (χ3n) is 2.24. The summed E-state index contributed by atoms with van der Waals surface area (Å²) in [5, 5.41) is 3.24. The van der Waals surface area contributed by atoms with E-state index in [1.54, 1.807) is 11.8 Å². The summed E-state index contributed by atoms with van der Waals surface area (Å²) in [4.78, 5) is 11.5. The Morgan fingerprint density at radius 3 is 2.92 bits per heavy atom. The summed E-state index contributed by atoms with van der Waals surface area (Å²) in [6, 6.07) is 0. The molecule has 0 aliphatic carbocycles. The van der Waals surface area contributed by atoms with Crippen molar-refractivity contribution in [3.63, 3.8) is 0 Å². The molecule has 1 fully saturated rings. The lowest BCUT2D eigenvalue weighted by atomic mass is 10.1. The first-order chi connectivity index (χ1) is 6.20. The zero-order valence-electron chi connectivity index (χ0n) is 8.51. The molecule has 0 spiro atoms. The van der Waals surface area contributed by atoms with Crippen molar-refractivity contribution in [2.24, 2.45) is 5.92 Å². The van der Waals surface area contributed by atoms with E-state index in [2.05, 4.69) is 19.2 Å². The van der Waals surface area contributed by atoms with Gasteiger partial charge in [0.2, 0.25) is 5.91 Å². The molecule has 1 aliphatic heterocycles. The summed E-state index contributed by atoms with van der Waals surface area (Å²) in [7, 11) is 0. The zero-order chi connectivity index (χ0) is 9.68. The van der Waals surface area contributed by atoms with Gasteiger partial charge in [0.1, 0.15) is 0 Å². The van der Waals surface area contributed by atoms with Gasteiger partial charge in [0.15, 0.2) is 0 Å². The molecule has 1 unspecified atom stereocenters. The molecule has 0 aromatic heterocycles. The summed E-state index contributed by atoms with van der Waals surface area (Å²) in [5.41, 5.74) is 0. The van der Waals surface area contributed by atoms with E-state index in [9.17, 15) is 4.79 Å². The quantitative estimate of drug-likeness (QED) is 0.754. The Hall–Kier alpha value is -0.180. The highest BCUT2D eigenvalue weighted by atomic mass is 32.2. The summed E-state index contributed by atoms with van der Waals surface area (Å²) >= 11 is 1.80. The van der Waals surface area contributed by atoms with Gasteiger partial charge in [-0.2, -0.15) is 0 Å². The Kier molecular flexibility index (Phi) is 4.64. The molecule has 3 heteroatoms. The number of hydrogen-bond acceptors (Lipinski definition) is 2. The fourth-order valence-corrected chi connectivity index (χ4v) is 2.57. The molecule has 1 amide bonds. The third-order valence-corrected chi connectivity index (χ3v) is 3.62. The van der Waals surface area contributed by atoms with Crippen LogP contribution in [0, 0.1) is 5.92 Å². The number of amides is 1. The van der Waals surface area contributed by atoms with E-state index in [0.717, 1.165) is 25.1 Å². The third kappa shape index (κ3) is 4.03. The number of nitrogens with one attached hydrogen (secondary N) is 1. The van der Waals surface area contributed by atoms with E-state index >= 15 is 0 Å². The van der Waals surface area contributed by atoms with Crippen molar-refractivity contribution in [3.8, 4) is 0 Å². The molecule has 1 N–H and O–H groups in total. The molecule has 0 bridgehead atoms. The second-order valence-corrected chi connectivity index (χ2v) is 5.29. The number of carbonyl (C=O) groups excluding carboxylic acids is 1. The van der Waals surface area contributed by atoms with Crippen molar-refractivity contribution < 1.29 is 4.79 Å². The maximum absolute atomic E-state index is 11.5. The van der Waals surface area contributed by atoms with Gasteiger partial charge in [0.25, 0.3) is 0 Å². The van der Waals surface area contributed by atoms with Crippen LogP contribution in [-0.2, 0) is 4.79 Å². The minimum atomic E-state index is 0.243. The summed E-state index contributed by atoms with van der Waals surface area (Å²) in [6.07, 6.45) is 3.36. The predicted octanol–water partition coefficient (Wildman–Crippen LogP) is 2.04. The van der Waals surface area contributed by atoms with Gasteiger partial charge in [-0.3, -0.25) is 4.79 Å². The topological polar surface area (TPSA) is 29.1 Å². The normalized spacial score (nSPS) is 22.2. The number of rotatable bonds is 4. The first kappa shape index (κ1) is 10.9. The van der Waals surface area contributed by atoms with Crippen molar-refractivity contribution in [2.45, 2.75) is 38.4 Å². The summed E-state index contributed by atoms with van der Waals surface area (Å²) in [5.74, 6) is 2.09. The highest BCUT2D eigenvalue weighted by molar-refractivity contribution is 8.00. The second-order valence-electron chi connectivity index (χ2n) is 3.98. The second kappa shape index (κ2) is 5.53. The van der Waals surface area contributed by atoms with Crippen LogP contribution in [0.15, 0.2) is 0 Å². The van der Waals surface area contributed by atoms with Crippen molar-refractivity contribution in [3.05, 3.63) is 0 Å². The van der Waals surface area contributed by atoms with Gasteiger partial charge in [-0.15, -0.1) is 11.8 Å². The standard InChI is InChI=1S/C10H19NOS/c1-8(2)5-6-11-10(12)9-4-3-7-13-9/h8-9H,3-7H2,1-2H3,(H,11,12). The molecule has 76 valence electrons. The maximum atomic E-state index is 11.5. The molecule has 1 saturated heterocycles.